The van der Waals surface area contributed by atoms with E-state index in [4.69, 9.17) is 18.9 Å². The number of ether oxygens (including phenoxy) is 4. The fourth-order valence-electron chi connectivity index (χ4n) is 9.15. The first-order chi connectivity index (χ1) is 32.7. The van der Waals surface area contributed by atoms with Crippen LogP contribution in [0.2, 0.25) is 0 Å². The SMILES string of the molecule is CCOC(=O)C1=C(C)NC(CN(CC(C)(C)N(CC(O)COc2ccccc2OC)C(c2ccccc2)(c2ccccc2)c2ccccc2)C(C)=O)=C(C(=O)OCC)C1c1cccc([N+](=O)[O-])c1. The Morgan fingerprint density at radius 1 is 0.765 bits per heavy atom. The maximum absolute atomic E-state index is 14.3. The Morgan fingerprint density at radius 2 is 1.28 bits per heavy atom. The van der Waals surface area contributed by atoms with E-state index in [1.807, 2.05) is 80.6 Å². The number of amides is 1. The smallest absolute Gasteiger partial charge is 0.336 e. The Labute approximate surface area is 397 Å². The second-order valence-corrected chi connectivity index (χ2v) is 17.0. The van der Waals surface area contributed by atoms with Crippen molar-refractivity contribution in [3.63, 3.8) is 0 Å². The van der Waals surface area contributed by atoms with E-state index in [0.29, 0.717) is 17.2 Å². The van der Waals surface area contributed by atoms with Gasteiger partial charge in [-0.1, -0.05) is 115 Å². The van der Waals surface area contributed by atoms with E-state index in [9.17, 15) is 29.6 Å². The molecule has 0 saturated carbocycles. The predicted octanol–water partition coefficient (Wildman–Crippen LogP) is 8.31. The van der Waals surface area contributed by atoms with Gasteiger partial charge in [0.2, 0.25) is 5.91 Å². The van der Waals surface area contributed by atoms with Gasteiger partial charge in [0, 0.05) is 49.1 Å². The molecule has 0 bridgehead atoms. The van der Waals surface area contributed by atoms with Gasteiger partial charge in [0.25, 0.3) is 5.69 Å². The zero-order valence-electron chi connectivity index (χ0n) is 39.6. The summed E-state index contributed by atoms with van der Waals surface area (Å²) in [6, 6.07) is 42.9. The minimum Gasteiger partial charge on any atom is -0.493 e. The number of esters is 2. The molecule has 5 aromatic carbocycles. The lowest BCUT2D eigenvalue weighted by Gasteiger charge is -2.54. The number of hydrogen-bond donors (Lipinski definition) is 2. The first kappa shape index (κ1) is 50.1. The first-order valence-electron chi connectivity index (χ1n) is 22.6. The summed E-state index contributed by atoms with van der Waals surface area (Å²) in [6.45, 7) is 10.2. The van der Waals surface area contributed by atoms with Crippen LogP contribution in [0.1, 0.15) is 69.7 Å². The molecule has 0 fully saturated rings. The van der Waals surface area contributed by atoms with Crippen molar-refractivity contribution in [1.29, 1.82) is 0 Å². The zero-order valence-corrected chi connectivity index (χ0v) is 39.6. The Morgan fingerprint density at radius 3 is 1.78 bits per heavy atom. The molecule has 0 radical (unpaired) electrons. The molecule has 1 aliphatic rings. The number of aliphatic hydroxyl groups is 1. The normalized spacial score (nSPS) is 14.5. The number of non-ortho nitro benzene ring substituents is 1. The molecule has 0 saturated heterocycles. The third kappa shape index (κ3) is 10.9. The third-order valence-electron chi connectivity index (χ3n) is 12.0. The van der Waals surface area contributed by atoms with Crippen LogP contribution in [0.25, 0.3) is 0 Å². The average Bonchev–Trinajstić information content (AvgIpc) is 3.34. The van der Waals surface area contributed by atoms with Crippen molar-refractivity contribution < 1.29 is 43.4 Å². The molecular formula is C54H60N4O10. The number of para-hydroxylation sites is 2. The van der Waals surface area contributed by atoms with Crippen molar-refractivity contribution in [1.82, 2.24) is 15.1 Å². The molecule has 0 aliphatic carbocycles. The van der Waals surface area contributed by atoms with Crippen LogP contribution in [0.3, 0.4) is 0 Å². The number of nitro benzene ring substituents is 1. The summed E-state index contributed by atoms with van der Waals surface area (Å²) in [5.74, 6) is -2.02. The molecular weight excluding hydrogens is 865 g/mol. The third-order valence-corrected chi connectivity index (χ3v) is 12.0. The molecule has 0 spiro atoms. The number of allylic oxidation sites excluding steroid dienone is 1. The van der Waals surface area contributed by atoms with Gasteiger partial charge in [-0.3, -0.25) is 19.8 Å². The number of carbonyl (C=O) groups is 3. The van der Waals surface area contributed by atoms with Gasteiger partial charge >= 0.3 is 11.9 Å². The number of nitrogens with one attached hydrogen (secondary N) is 1. The number of dihydropyridines is 1. The van der Waals surface area contributed by atoms with Crippen molar-refractivity contribution in [3.05, 3.63) is 194 Å². The summed E-state index contributed by atoms with van der Waals surface area (Å²) in [6.07, 6.45) is -1.09. The maximum atomic E-state index is 14.3. The average molecular weight is 925 g/mol. The van der Waals surface area contributed by atoms with Gasteiger partial charge in [-0.2, -0.15) is 0 Å². The molecule has 1 heterocycles. The number of carbonyl (C=O) groups excluding carboxylic acids is 3. The lowest BCUT2D eigenvalue weighted by atomic mass is 9.73. The molecule has 1 aliphatic heterocycles. The maximum Gasteiger partial charge on any atom is 0.336 e. The topological polar surface area (TPSA) is 170 Å². The fraction of sp³-hybridized carbons (Fsp3) is 0.315. The first-order valence-corrected chi connectivity index (χ1v) is 22.6. The minimum atomic E-state index is -1.16. The van der Waals surface area contributed by atoms with Crippen molar-refractivity contribution in [2.24, 2.45) is 0 Å². The fourth-order valence-corrected chi connectivity index (χ4v) is 9.15. The Bertz CT molecular complexity index is 2520. The van der Waals surface area contributed by atoms with Crippen LogP contribution in [0.15, 0.2) is 162 Å². The summed E-state index contributed by atoms with van der Waals surface area (Å²) in [4.78, 5) is 57.7. The second kappa shape index (κ2) is 22.5. The van der Waals surface area contributed by atoms with E-state index >= 15 is 0 Å². The molecule has 14 heteroatoms. The van der Waals surface area contributed by atoms with Gasteiger partial charge < -0.3 is 34.3 Å². The highest BCUT2D eigenvalue weighted by Gasteiger charge is 2.50. The van der Waals surface area contributed by atoms with Crippen LogP contribution in [-0.2, 0) is 29.4 Å². The van der Waals surface area contributed by atoms with Gasteiger partial charge in [0.15, 0.2) is 11.5 Å². The number of hydrogen-bond acceptors (Lipinski definition) is 12. The summed E-state index contributed by atoms with van der Waals surface area (Å²) in [5.41, 5.74) is 1.26. The molecule has 2 N–H and O–H groups in total. The van der Waals surface area contributed by atoms with Crippen molar-refractivity contribution in [3.8, 4) is 11.5 Å². The summed E-state index contributed by atoms with van der Waals surface area (Å²) >= 11 is 0. The number of β-amino-alcohol motifs (C(OH)–C–C–N with tert-alkyl or cyclic N) is 1. The van der Waals surface area contributed by atoms with Gasteiger partial charge in [-0.05, 0) is 69.0 Å². The monoisotopic (exact) mass is 924 g/mol. The number of aliphatic hydroxyl groups excluding tert-OH is 1. The van der Waals surface area contributed by atoms with E-state index in [0.717, 1.165) is 16.7 Å². The zero-order chi connectivity index (χ0) is 49.0. The van der Waals surface area contributed by atoms with Crippen LogP contribution in [0.5, 0.6) is 11.5 Å². The van der Waals surface area contributed by atoms with Crippen LogP contribution < -0.4 is 14.8 Å². The van der Waals surface area contributed by atoms with Gasteiger partial charge in [0.1, 0.15) is 12.7 Å². The van der Waals surface area contributed by atoms with Crippen LogP contribution >= 0.6 is 0 Å². The molecule has 356 valence electrons. The minimum absolute atomic E-state index is 0.00183. The van der Waals surface area contributed by atoms with E-state index in [1.54, 1.807) is 51.0 Å². The summed E-state index contributed by atoms with van der Waals surface area (Å²) in [5, 5.41) is 27.6. The second-order valence-electron chi connectivity index (χ2n) is 17.0. The summed E-state index contributed by atoms with van der Waals surface area (Å²) in [7, 11) is 1.55. The van der Waals surface area contributed by atoms with Crippen molar-refractivity contribution in [2.75, 3.05) is 46.6 Å². The van der Waals surface area contributed by atoms with E-state index in [1.165, 1.54) is 25.1 Å². The molecule has 1 amide bonds. The van der Waals surface area contributed by atoms with Crippen LogP contribution in [0, 0.1) is 10.1 Å². The molecule has 2 atom stereocenters. The predicted molar refractivity (Wildman–Crippen MR) is 259 cm³/mol. The highest BCUT2D eigenvalue weighted by molar-refractivity contribution is 6.00. The number of nitro groups is 1. The van der Waals surface area contributed by atoms with Crippen molar-refractivity contribution >= 4 is 23.5 Å². The number of methoxy groups -OCH3 is 1. The van der Waals surface area contributed by atoms with E-state index in [-0.39, 0.29) is 73.5 Å². The highest BCUT2D eigenvalue weighted by Crippen LogP contribution is 2.47. The Balaban J connectivity index is 1.53. The van der Waals surface area contributed by atoms with Gasteiger partial charge in [-0.25, -0.2) is 9.59 Å². The lowest BCUT2D eigenvalue weighted by molar-refractivity contribution is -0.384. The van der Waals surface area contributed by atoms with Crippen LogP contribution in [0.4, 0.5) is 5.69 Å². The molecule has 2 unspecified atom stereocenters. The standard InChI is InChI=1S/C54H60N4O10/c1-8-66-51(61)48-37(3)55-45(50(52(62)67-9-2)49(48)39-22-21-29-43(32-39)58(63)64)34-56(38(4)59)36-53(5,6)57(33-44(60)35-68-47-31-20-19-30-46(47)65-7)54(40-23-13-10-14-24-40,41-25-15-11-16-26-41)42-27-17-12-18-28-42/h10-32,44,49,55,60H,8-9,33-36H2,1-7H3. The molecule has 0 aromatic heterocycles. The lowest BCUT2D eigenvalue weighted by Crippen LogP contribution is -2.63. The highest BCUT2D eigenvalue weighted by atomic mass is 16.6. The van der Waals surface area contributed by atoms with E-state index in [2.05, 4.69) is 46.6 Å². The molecule has 5 aromatic rings. The van der Waals surface area contributed by atoms with Gasteiger partial charge in [-0.15, -0.1) is 0 Å². The number of nitrogens with zero attached hydrogens (tertiary/aromatic N) is 3. The molecule has 6 rings (SSSR count). The quantitative estimate of drug-likeness (QED) is 0.0313. The summed E-state index contributed by atoms with van der Waals surface area (Å²) < 4.78 is 22.9. The van der Waals surface area contributed by atoms with E-state index < -0.39 is 40.0 Å². The van der Waals surface area contributed by atoms with Gasteiger partial charge in [0.05, 0.1) is 54.4 Å². The number of benzene rings is 5. The van der Waals surface area contributed by atoms with Crippen LogP contribution in [-0.4, -0.2) is 95.9 Å². The largest absolute Gasteiger partial charge is 0.493 e. The Hall–Kier alpha value is -7.29. The van der Waals surface area contributed by atoms with Crippen molar-refractivity contribution in [2.45, 2.75) is 64.6 Å². The number of rotatable bonds is 21. The molecule has 14 nitrogen and oxygen atoms in total. The molecule has 68 heavy (non-hydrogen) atoms. The Kier molecular flexibility index (Phi) is 16.6.